The van der Waals surface area contributed by atoms with Crippen LogP contribution in [0.4, 0.5) is 5.69 Å². The van der Waals surface area contributed by atoms with Crippen LogP contribution in [0.15, 0.2) is 42.6 Å². The second-order valence-corrected chi connectivity index (χ2v) is 4.29. The number of hydrogen-bond acceptors (Lipinski definition) is 4. The standard InChI is InChI=1S/C14H16N4O/c1-18(2)11-4-3-5-12(9-11)19-13-8-10(14(15)16)6-7-17-13/h3-9H,1-2H3,(H3,15,16). The Balaban J connectivity index is 2.23. The Bertz CT molecular complexity index is 596. The number of ether oxygens (including phenoxy) is 1. The largest absolute Gasteiger partial charge is 0.439 e. The van der Waals surface area contributed by atoms with E-state index < -0.39 is 0 Å². The molecule has 1 heterocycles. The second-order valence-electron chi connectivity index (χ2n) is 4.29. The summed E-state index contributed by atoms with van der Waals surface area (Å²) in [5, 5.41) is 7.39. The molecule has 0 saturated heterocycles. The average Bonchev–Trinajstić information content (AvgIpc) is 2.39. The fraction of sp³-hybridized carbons (Fsp3) is 0.143. The molecule has 0 unspecified atom stereocenters. The van der Waals surface area contributed by atoms with Crippen molar-refractivity contribution in [1.82, 2.24) is 4.98 Å². The van der Waals surface area contributed by atoms with Crippen molar-refractivity contribution in [2.75, 3.05) is 19.0 Å². The highest BCUT2D eigenvalue weighted by atomic mass is 16.5. The van der Waals surface area contributed by atoms with Gasteiger partial charge < -0.3 is 15.4 Å². The van der Waals surface area contributed by atoms with Gasteiger partial charge in [0.25, 0.3) is 0 Å². The van der Waals surface area contributed by atoms with E-state index in [2.05, 4.69) is 4.98 Å². The molecule has 5 heteroatoms. The molecule has 0 aliphatic heterocycles. The Hall–Kier alpha value is -2.56. The number of hydrogen-bond donors (Lipinski definition) is 2. The quantitative estimate of drug-likeness (QED) is 0.649. The number of benzene rings is 1. The predicted molar refractivity (Wildman–Crippen MR) is 76.1 cm³/mol. The molecule has 0 bridgehead atoms. The van der Waals surface area contributed by atoms with Crippen molar-refractivity contribution < 1.29 is 4.74 Å². The highest BCUT2D eigenvalue weighted by Gasteiger charge is 2.03. The zero-order valence-corrected chi connectivity index (χ0v) is 10.9. The van der Waals surface area contributed by atoms with E-state index in [0.29, 0.717) is 17.2 Å². The van der Waals surface area contributed by atoms with Gasteiger partial charge in [0.1, 0.15) is 11.6 Å². The molecule has 0 aliphatic rings. The molecular weight excluding hydrogens is 240 g/mol. The zero-order valence-electron chi connectivity index (χ0n) is 10.9. The second kappa shape index (κ2) is 5.39. The first-order chi connectivity index (χ1) is 9.06. The number of nitrogens with two attached hydrogens (primary N) is 1. The lowest BCUT2D eigenvalue weighted by molar-refractivity contribution is 0.463. The van der Waals surface area contributed by atoms with Crippen LogP contribution in [-0.4, -0.2) is 24.9 Å². The number of aromatic nitrogens is 1. The monoisotopic (exact) mass is 256 g/mol. The molecule has 1 aromatic heterocycles. The van der Waals surface area contributed by atoms with Crippen molar-refractivity contribution in [3.63, 3.8) is 0 Å². The summed E-state index contributed by atoms with van der Waals surface area (Å²) in [6.07, 6.45) is 1.57. The van der Waals surface area contributed by atoms with Crippen LogP contribution in [0.3, 0.4) is 0 Å². The van der Waals surface area contributed by atoms with E-state index in [1.54, 1.807) is 18.3 Å². The molecule has 0 fully saturated rings. The van der Waals surface area contributed by atoms with Crippen LogP contribution in [0, 0.1) is 5.41 Å². The van der Waals surface area contributed by atoms with E-state index >= 15 is 0 Å². The van der Waals surface area contributed by atoms with Crippen LogP contribution >= 0.6 is 0 Å². The van der Waals surface area contributed by atoms with Gasteiger partial charge in [-0.3, -0.25) is 5.41 Å². The molecule has 3 N–H and O–H groups in total. The fourth-order valence-corrected chi connectivity index (χ4v) is 1.58. The van der Waals surface area contributed by atoms with Crippen molar-refractivity contribution in [2.24, 2.45) is 5.73 Å². The van der Waals surface area contributed by atoms with Crippen LogP contribution in [0.1, 0.15) is 5.56 Å². The predicted octanol–water partition coefficient (Wildman–Crippen LogP) is 2.22. The normalized spacial score (nSPS) is 10.0. The van der Waals surface area contributed by atoms with E-state index in [1.807, 2.05) is 43.3 Å². The van der Waals surface area contributed by atoms with Gasteiger partial charge in [0, 0.05) is 43.7 Å². The summed E-state index contributed by atoms with van der Waals surface area (Å²) in [6.45, 7) is 0. The molecule has 0 saturated carbocycles. The summed E-state index contributed by atoms with van der Waals surface area (Å²) >= 11 is 0. The third kappa shape index (κ3) is 3.22. The lowest BCUT2D eigenvalue weighted by atomic mass is 10.2. The lowest BCUT2D eigenvalue weighted by Gasteiger charge is -2.13. The minimum atomic E-state index is -0.00528. The van der Waals surface area contributed by atoms with Crippen LogP contribution in [0.25, 0.3) is 0 Å². The zero-order chi connectivity index (χ0) is 13.8. The van der Waals surface area contributed by atoms with Crippen molar-refractivity contribution in [2.45, 2.75) is 0 Å². The van der Waals surface area contributed by atoms with E-state index in [9.17, 15) is 0 Å². The van der Waals surface area contributed by atoms with Gasteiger partial charge in [0.15, 0.2) is 0 Å². The van der Waals surface area contributed by atoms with Gasteiger partial charge in [-0.05, 0) is 18.2 Å². The van der Waals surface area contributed by atoms with Crippen LogP contribution in [-0.2, 0) is 0 Å². The van der Waals surface area contributed by atoms with E-state index in [1.165, 1.54) is 0 Å². The highest BCUT2D eigenvalue weighted by molar-refractivity contribution is 5.95. The van der Waals surface area contributed by atoms with Crippen molar-refractivity contribution >= 4 is 11.5 Å². The number of rotatable bonds is 4. The summed E-state index contributed by atoms with van der Waals surface area (Å²) in [4.78, 5) is 6.10. The third-order valence-corrected chi connectivity index (χ3v) is 2.60. The SMILES string of the molecule is CN(C)c1cccc(Oc2cc(C(=N)N)ccn2)c1. The van der Waals surface area contributed by atoms with E-state index in [0.717, 1.165) is 5.69 Å². The summed E-state index contributed by atoms with van der Waals surface area (Å²) in [5.74, 6) is 1.11. The van der Waals surface area contributed by atoms with Crippen molar-refractivity contribution in [1.29, 1.82) is 5.41 Å². The maximum atomic E-state index is 7.39. The van der Waals surface area contributed by atoms with Crippen LogP contribution < -0.4 is 15.4 Å². The maximum Gasteiger partial charge on any atom is 0.219 e. The smallest absolute Gasteiger partial charge is 0.219 e. The summed E-state index contributed by atoms with van der Waals surface area (Å²) in [5.41, 5.74) is 7.07. The summed E-state index contributed by atoms with van der Waals surface area (Å²) in [7, 11) is 3.93. The number of nitrogen functional groups attached to an aromatic ring is 1. The Morgan fingerprint density at radius 3 is 2.74 bits per heavy atom. The number of amidine groups is 1. The van der Waals surface area contributed by atoms with Crippen molar-refractivity contribution in [3.8, 4) is 11.6 Å². The van der Waals surface area contributed by atoms with Gasteiger partial charge in [-0.1, -0.05) is 6.07 Å². The Kier molecular flexibility index (Phi) is 3.66. The molecule has 0 spiro atoms. The molecule has 2 rings (SSSR count). The fourth-order valence-electron chi connectivity index (χ4n) is 1.58. The van der Waals surface area contributed by atoms with Gasteiger partial charge in [-0.2, -0.15) is 0 Å². The molecule has 5 nitrogen and oxygen atoms in total. The Morgan fingerprint density at radius 2 is 2.05 bits per heavy atom. The van der Waals surface area contributed by atoms with E-state index in [4.69, 9.17) is 15.9 Å². The van der Waals surface area contributed by atoms with Crippen LogP contribution in [0.2, 0.25) is 0 Å². The number of pyridine rings is 1. The summed E-state index contributed by atoms with van der Waals surface area (Å²) in [6, 6.07) is 11.0. The molecule has 0 aliphatic carbocycles. The van der Waals surface area contributed by atoms with Crippen molar-refractivity contribution in [3.05, 3.63) is 48.2 Å². The lowest BCUT2D eigenvalue weighted by Crippen LogP contribution is -2.11. The molecule has 0 amide bonds. The highest BCUT2D eigenvalue weighted by Crippen LogP contribution is 2.24. The molecule has 0 radical (unpaired) electrons. The first-order valence-electron chi connectivity index (χ1n) is 5.82. The Labute approximate surface area is 112 Å². The average molecular weight is 256 g/mol. The molecule has 2 aromatic rings. The molecule has 19 heavy (non-hydrogen) atoms. The molecule has 0 atom stereocenters. The Morgan fingerprint density at radius 1 is 1.26 bits per heavy atom. The molecule has 1 aromatic carbocycles. The minimum Gasteiger partial charge on any atom is -0.439 e. The van der Waals surface area contributed by atoms with Gasteiger partial charge in [-0.25, -0.2) is 4.98 Å². The minimum absolute atomic E-state index is 0.00528. The number of anilines is 1. The van der Waals surface area contributed by atoms with Gasteiger partial charge >= 0.3 is 0 Å². The maximum absolute atomic E-state index is 7.39. The number of nitrogens with one attached hydrogen (secondary N) is 1. The first kappa shape index (κ1) is 12.9. The van der Waals surface area contributed by atoms with Gasteiger partial charge in [0.05, 0.1) is 0 Å². The molecule has 98 valence electrons. The summed E-state index contributed by atoms with van der Waals surface area (Å²) < 4.78 is 5.67. The van der Waals surface area contributed by atoms with Gasteiger partial charge in [-0.15, -0.1) is 0 Å². The van der Waals surface area contributed by atoms with Gasteiger partial charge in [0.2, 0.25) is 5.88 Å². The third-order valence-electron chi connectivity index (χ3n) is 2.60. The number of nitrogens with zero attached hydrogens (tertiary/aromatic N) is 2. The topological polar surface area (TPSA) is 75.2 Å². The first-order valence-corrected chi connectivity index (χ1v) is 5.82. The van der Waals surface area contributed by atoms with E-state index in [-0.39, 0.29) is 5.84 Å². The van der Waals surface area contributed by atoms with Crippen LogP contribution in [0.5, 0.6) is 11.6 Å². The molecular formula is C14H16N4O.